The lowest BCUT2D eigenvalue weighted by atomic mass is 10.0. The Bertz CT molecular complexity index is 767. The van der Waals surface area contributed by atoms with E-state index in [-0.39, 0.29) is 30.9 Å². The molecule has 2 N–H and O–H groups in total. The Hall–Kier alpha value is -2.86. The molecule has 6 nitrogen and oxygen atoms in total. The molecule has 1 unspecified atom stereocenters. The van der Waals surface area contributed by atoms with Crippen LogP contribution in [0.1, 0.15) is 12.0 Å². The number of para-hydroxylation sites is 1. The second-order valence-electron chi connectivity index (χ2n) is 6.81. The van der Waals surface area contributed by atoms with Gasteiger partial charge in [-0.1, -0.05) is 48.5 Å². The van der Waals surface area contributed by atoms with Gasteiger partial charge in [-0.05, 0) is 24.1 Å². The van der Waals surface area contributed by atoms with Gasteiger partial charge in [0.15, 0.2) is 0 Å². The summed E-state index contributed by atoms with van der Waals surface area (Å²) in [6.07, 6.45) is 0.726. The van der Waals surface area contributed by atoms with Crippen LogP contribution in [-0.4, -0.2) is 48.2 Å². The molecule has 1 aliphatic heterocycles. The van der Waals surface area contributed by atoms with Crippen molar-refractivity contribution in [3.05, 3.63) is 66.2 Å². The predicted octanol–water partition coefficient (Wildman–Crippen LogP) is 1.61. The number of carbonyl (C=O) groups excluding carboxylic acids is 2. The van der Waals surface area contributed by atoms with Gasteiger partial charge >= 0.3 is 0 Å². The van der Waals surface area contributed by atoms with Gasteiger partial charge in [0.25, 0.3) is 0 Å². The average molecular weight is 367 g/mol. The highest BCUT2D eigenvalue weighted by atomic mass is 16.3. The molecule has 2 aromatic carbocycles. The van der Waals surface area contributed by atoms with Crippen molar-refractivity contribution in [1.82, 2.24) is 10.3 Å². The van der Waals surface area contributed by atoms with E-state index in [2.05, 4.69) is 5.32 Å². The van der Waals surface area contributed by atoms with Crippen LogP contribution in [0.3, 0.4) is 0 Å². The van der Waals surface area contributed by atoms with Gasteiger partial charge in [0.2, 0.25) is 11.8 Å². The van der Waals surface area contributed by atoms with E-state index in [1.54, 1.807) is 10.0 Å². The van der Waals surface area contributed by atoms with E-state index in [0.29, 0.717) is 13.0 Å². The van der Waals surface area contributed by atoms with Crippen molar-refractivity contribution in [1.29, 1.82) is 0 Å². The second kappa shape index (κ2) is 8.68. The fraction of sp³-hybridized carbons (Fsp3) is 0.333. The molecule has 142 valence electrons. The number of aliphatic hydroxyl groups excluding tert-OH is 1. The van der Waals surface area contributed by atoms with Gasteiger partial charge in [-0.15, -0.1) is 0 Å². The van der Waals surface area contributed by atoms with Crippen LogP contribution in [0, 0.1) is 5.92 Å². The molecule has 27 heavy (non-hydrogen) atoms. The average Bonchev–Trinajstić information content (AvgIpc) is 3.10. The second-order valence-corrected chi connectivity index (χ2v) is 6.81. The molecule has 0 bridgehead atoms. The van der Waals surface area contributed by atoms with Crippen LogP contribution >= 0.6 is 0 Å². The monoisotopic (exact) mass is 367 g/mol. The fourth-order valence-corrected chi connectivity index (χ4v) is 3.32. The molecule has 6 heteroatoms. The fourth-order valence-electron chi connectivity index (χ4n) is 3.32. The Morgan fingerprint density at radius 3 is 2.44 bits per heavy atom. The molecule has 1 fully saturated rings. The summed E-state index contributed by atoms with van der Waals surface area (Å²) in [4.78, 5) is 25.0. The van der Waals surface area contributed by atoms with E-state index >= 15 is 0 Å². The first-order valence-corrected chi connectivity index (χ1v) is 9.12. The zero-order chi connectivity index (χ0) is 19.2. The van der Waals surface area contributed by atoms with E-state index in [1.807, 2.05) is 67.7 Å². The van der Waals surface area contributed by atoms with Crippen molar-refractivity contribution in [3.8, 4) is 0 Å². The van der Waals surface area contributed by atoms with Gasteiger partial charge in [-0.3, -0.25) is 19.6 Å². The number of hydrogen-bond acceptors (Lipinski definition) is 4. The molecule has 2 atom stereocenters. The first-order chi connectivity index (χ1) is 13.1. The first kappa shape index (κ1) is 18.9. The Balaban J connectivity index is 1.59. The zero-order valence-electron chi connectivity index (χ0n) is 15.4. The van der Waals surface area contributed by atoms with Crippen molar-refractivity contribution >= 4 is 17.5 Å². The van der Waals surface area contributed by atoms with Gasteiger partial charge in [0.05, 0.1) is 30.8 Å². The van der Waals surface area contributed by atoms with E-state index in [1.165, 1.54) is 0 Å². The van der Waals surface area contributed by atoms with Gasteiger partial charge in [-0.25, -0.2) is 0 Å². The van der Waals surface area contributed by atoms with Crippen molar-refractivity contribution in [2.45, 2.75) is 18.9 Å². The lowest BCUT2D eigenvalue weighted by Crippen LogP contribution is -2.44. The Kier molecular flexibility index (Phi) is 6.08. The Labute approximate surface area is 159 Å². The lowest BCUT2D eigenvalue weighted by molar-refractivity contribution is -0.129. The maximum absolute atomic E-state index is 12.6. The van der Waals surface area contributed by atoms with Gasteiger partial charge in [0.1, 0.15) is 0 Å². The summed E-state index contributed by atoms with van der Waals surface area (Å²) in [6.45, 7) is 0.189. The molecule has 1 saturated heterocycles. The van der Waals surface area contributed by atoms with Crippen molar-refractivity contribution in [2.24, 2.45) is 5.92 Å². The number of aliphatic hydroxyl groups is 1. The highest BCUT2D eigenvalue weighted by Gasteiger charge is 2.37. The third-order valence-electron chi connectivity index (χ3n) is 4.86. The molecule has 0 saturated carbocycles. The van der Waals surface area contributed by atoms with Crippen molar-refractivity contribution < 1.29 is 14.7 Å². The first-order valence-electron chi connectivity index (χ1n) is 9.12. The molecule has 3 rings (SSSR count). The molecular formula is C21H25N3O3. The molecule has 2 aromatic rings. The van der Waals surface area contributed by atoms with Crippen LogP contribution in [0.2, 0.25) is 0 Å². The third-order valence-corrected chi connectivity index (χ3v) is 4.86. The summed E-state index contributed by atoms with van der Waals surface area (Å²) in [6, 6.07) is 18.9. The van der Waals surface area contributed by atoms with Crippen LogP contribution in [0.15, 0.2) is 60.7 Å². The highest BCUT2D eigenvalue weighted by Crippen LogP contribution is 2.23. The topological polar surface area (TPSA) is 72.9 Å². The largest absolute Gasteiger partial charge is 0.394 e. The SMILES string of the molecule is CN(c1ccccc1)N1CC(C(=O)N[C@H](CO)Cc2ccccc2)CC1=O. The number of carbonyl (C=O) groups is 2. The molecule has 0 aliphatic carbocycles. The summed E-state index contributed by atoms with van der Waals surface area (Å²) in [5, 5.41) is 15.9. The molecule has 0 radical (unpaired) electrons. The van der Waals surface area contributed by atoms with E-state index < -0.39 is 5.92 Å². The normalized spacial score (nSPS) is 17.6. The summed E-state index contributed by atoms with van der Waals surface area (Å²) < 4.78 is 0. The molecule has 2 amide bonds. The summed E-state index contributed by atoms with van der Waals surface area (Å²) in [5.41, 5.74) is 1.94. The number of hydrogen-bond donors (Lipinski definition) is 2. The van der Waals surface area contributed by atoms with Crippen LogP contribution in [0.5, 0.6) is 0 Å². The number of anilines is 1. The van der Waals surface area contributed by atoms with E-state index in [9.17, 15) is 14.7 Å². The molecule has 1 aliphatic rings. The van der Waals surface area contributed by atoms with Crippen LogP contribution in [0.4, 0.5) is 5.69 Å². The Morgan fingerprint density at radius 1 is 1.19 bits per heavy atom. The minimum Gasteiger partial charge on any atom is -0.394 e. The summed E-state index contributed by atoms with van der Waals surface area (Å²) in [7, 11) is 1.82. The molecule has 1 heterocycles. The Morgan fingerprint density at radius 2 is 1.81 bits per heavy atom. The number of benzene rings is 2. The van der Waals surface area contributed by atoms with Crippen LogP contribution in [0.25, 0.3) is 0 Å². The minimum absolute atomic E-state index is 0.0786. The maximum Gasteiger partial charge on any atom is 0.241 e. The predicted molar refractivity (Wildman–Crippen MR) is 104 cm³/mol. The number of nitrogens with zero attached hydrogens (tertiary/aromatic N) is 2. The van der Waals surface area contributed by atoms with Gasteiger partial charge in [-0.2, -0.15) is 0 Å². The highest BCUT2D eigenvalue weighted by molar-refractivity contribution is 5.90. The quantitative estimate of drug-likeness (QED) is 0.780. The maximum atomic E-state index is 12.6. The van der Waals surface area contributed by atoms with E-state index in [4.69, 9.17) is 0 Å². The number of amides is 2. The summed E-state index contributed by atoms with van der Waals surface area (Å²) in [5.74, 6) is -0.694. The van der Waals surface area contributed by atoms with Crippen molar-refractivity contribution in [3.63, 3.8) is 0 Å². The minimum atomic E-state index is -0.423. The molecule has 0 aromatic heterocycles. The number of nitrogens with one attached hydrogen (secondary N) is 1. The van der Waals surface area contributed by atoms with Crippen molar-refractivity contribution in [2.75, 3.05) is 25.2 Å². The van der Waals surface area contributed by atoms with Crippen LogP contribution < -0.4 is 10.3 Å². The van der Waals surface area contributed by atoms with Gasteiger partial charge in [0, 0.05) is 13.5 Å². The number of hydrazine groups is 1. The lowest BCUT2D eigenvalue weighted by Gasteiger charge is -2.30. The molecule has 0 spiro atoms. The third kappa shape index (κ3) is 4.65. The number of rotatable bonds is 7. The summed E-state index contributed by atoms with van der Waals surface area (Å²) >= 11 is 0. The van der Waals surface area contributed by atoms with Crippen LogP contribution in [-0.2, 0) is 16.0 Å². The standard InChI is InChI=1S/C21H25N3O3/c1-23(19-10-6-3-7-11-19)24-14-17(13-20(24)26)21(27)22-18(15-25)12-16-8-4-2-5-9-16/h2-11,17-18,25H,12-15H2,1H3,(H,22,27)/t17?,18-/m0/s1. The smallest absolute Gasteiger partial charge is 0.241 e. The molecular weight excluding hydrogens is 342 g/mol. The van der Waals surface area contributed by atoms with Gasteiger partial charge < -0.3 is 10.4 Å². The zero-order valence-corrected chi connectivity index (χ0v) is 15.4. The van der Waals surface area contributed by atoms with E-state index in [0.717, 1.165) is 11.3 Å².